The molecule has 2 aromatic heterocycles. The van der Waals surface area contributed by atoms with E-state index in [-0.39, 0.29) is 29.6 Å². The number of nitrogens with one attached hydrogen (secondary N) is 1. The van der Waals surface area contributed by atoms with Crippen LogP contribution in [0.5, 0.6) is 5.88 Å². The highest BCUT2D eigenvalue weighted by Crippen LogP contribution is 2.30. The zero-order valence-electron chi connectivity index (χ0n) is 19.8. The zero-order valence-corrected chi connectivity index (χ0v) is 19.8. The van der Waals surface area contributed by atoms with Crippen molar-refractivity contribution in [3.63, 3.8) is 0 Å². The van der Waals surface area contributed by atoms with Crippen LogP contribution in [0.4, 0.5) is 14.7 Å². The maximum absolute atomic E-state index is 14.0. The first-order chi connectivity index (χ1) is 18.0. The SMILES string of the molecule is O=C1CC[C@@H](C(=O)N2CC(Oc3cc(-n4c(C(F)F)nc5ccccc54)nc(N4CCOCC4)n3)C2)N1. The standard InChI is InChI=1S/C24H25F2N7O4/c25-21(26)22-28-15-3-1-2-4-17(15)33(22)18-11-20(30-24(29-18)31-7-9-36-10-8-31)37-14-12-32(13-14)23(35)16-5-6-19(34)27-16/h1-4,11,14,16,21H,5-10,12-13H2,(H,27,34)/t16-/m0/s1. The van der Waals surface area contributed by atoms with Crippen LogP contribution in [0, 0.1) is 0 Å². The van der Waals surface area contributed by atoms with Gasteiger partial charge in [0.2, 0.25) is 23.6 Å². The van der Waals surface area contributed by atoms with E-state index in [0.29, 0.717) is 69.2 Å². The molecule has 0 spiro atoms. The van der Waals surface area contributed by atoms with Gasteiger partial charge in [0, 0.05) is 25.6 Å². The molecule has 13 heteroatoms. The predicted molar refractivity (Wildman–Crippen MR) is 127 cm³/mol. The second-order valence-electron chi connectivity index (χ2n) is 9.20. The first-order valence-electron chi connectivity index (χ1n) is 12.2. The van der Waals surface area contributed by atoms with Gasteiger partial charge in [0.1, 0.15) is 18.0 Å². The van der Waals surface area contributed by atoms with E-state index in [9.17, 15) is 18.4 Å². The fourth-order valence-electron chi connectivity index (χ4n) is 4.80. The maximum Gasteiger partial charge on any atom is 0.296 e. The number of morpholine rings is 1. The Morgan fingerprint density at radius 2 is 1.92 bits per heavy atom. The van der Waals surface area contributed by atoms with Crippen LogP contribution in [-0.2, 0) is 14.3 Å². The van der Waals surface area contributed by atoms with Gasteiger partial charge in [-0.25, -0.2) is 13.8 Å². The van der Waals surface area contributed by atoms with Gasteiger partial charge in [0.05, 0.1) is 37.3 Å². The summed E-state index contributed by atoms with van der Waals surface area (Å²) < 4.78 is 40.9. The molecular weight excluding hydrogens is 488 g/mol. The number of imidazole rings is 1. The number of hydrogen-bond acceptors (Lipinski definition) is 8. The number of anilines is 1. The Bertz CT molecular complexity index is 1340. The summed E-state index contributed by atoms with van der Waals surface area (Å²) >= 11 is 0. The quantitative estimate of drug-likeness (QED) is 0.527. The molecule has 11 nitrogen and oxygen atoms in total. The summed E-state index contributed by atoms with van der Waals surface area (Å²) in [4.78, 5) is 40.9. The lowest BCUT2D eigenvalue weighted by atomic mass is 10.1. The Morgan fingerprint density at radius 3 is 2.65 bits per heavy atom. The van der Waals surface area contributed by atoms with E-state index >= 15 is 0 Å². The number of hydrogen-bond donors (Lipinski definition) is 1. The summed E-state index contributed by atoms with van der Waals surface area (Å²) in [5.41, 5.74) is 0.924. The molecule has 37 heavy (non-hydrogen) atoms. The molecule has 1 aromatic carbocycles. The summed E-state index contributed by atoms with van der Waals surface area (Å²) in [6.45, 7) is 2.78. The Hall–Kier alpha value is -3.87. The average Bonchev–Trinajstić information content (AvgIpc) is 3.50. The topological polar surface area (TPSA) is 115 Å². The number of fused-ring (bicyclic) bond motifs is 1. The molecule has 2 amide bonds. The van der Waals surface area contributed by atoms with Crippen LogP contribution in [0.3, 0.4) is 0 Å². The van der Waals surface area contributed by atoms with Crippen molar-refractivity contribution in [1.82, 2.24) is 29.7 Å². The van der Waals surface area contributed by atoms with Crippen molar-refractivity contribution in [3.05, 3.63) is 36.2 Å². The third kappa shape index (κ3) is 4.54. The van der Waals surface area contributed by atoms with Crippen LogP contribution in [0.15, 0.2) is 30.3 Å². The molecule has 1 N–H and O–H groups in total. The number of likely N-dealkylation sites (tertiary alicyclic amines) is 1. The number of nitrogens with zero attached hydrogens (tertiary/aromatic N) is 6. The van der Waals surface area contributed by atoms with Crippen LogP contribution >= 0.6 is 0 Å². The Labute approximate surface area is 210 Å². The van der Waals surface area contributed by atoms with Crippen LogP contribution in [0.2, 0.25) is 0 Å². The van der Waals surface area contributed by atoms with Crippen molar-refractivity contribution in [2.45, 2.75) is 31.4 Å². The van der Waals surface area contributed by atoms with Crippen molar-refractivity contribution < 1.29 is 27.8 Å². The molecule has 0 bridgehead atoms. The Morgan fingerprint density at radius 1 is 1.14 bits per heavy atom. The highest BCUT2D eigenvalue weighted by atomic mass is 19.3. The second kappa shape index (κ2) is 9.54. The summed E-state index contributed by atoms with van der Waals surface area (Å²) in [6, 6.07) is 7.90. The van der Waals surface area contributed by atoms with Crippen molar-refractivity contribution in [1.29, 1.82) is 0 Å². The van der Waals surface area contributed by atoms with Crippen molar-refractivity contribution >= 4 is 28.8 Å². The number of benzene rings is 1. The number of amides is 2. The summed E-state index contributed by atoms with van der Waals surface area (Å²) in [5.74, 6) is 0.111. The lowest BCUT2D eigenvalue weighted by molar-refractivity contribution is -0.142. The van der Waals surface area contributed by atoms with Crippen molar-refractivity contribution in [2.24, 2.45) is 0 Å². The highest BCUT2D eigenvalue weighted by molar-refractivity contribution is 5.91. The minimum Gasteiger partial charge on any atom is -0.470 e. The zero-order chi connectivity index (χ0) is 25.5. The maximum atomic E-state index is 14.0. The van der Waals surface area contributed by atoms with Crippen molar-refractivity contribution in [3.8, 4) is 11.7 Å². The number of alkyl halides is 2. The normalized spacial score (nSPS) is 20.4. The molecule has 194 valence electrons. The van der Waals surface area contributed by atoms with Gasteiger partial charge in [-0.05, 0) is 18.6 Å². The molecule has 1 atom stereocenters. The van der Waals surface area contributed by atoms with E-state index in [0.717, 1.165) is 0 Å². The number of carbonyl (C=O) groups is 2. The first-order valence-corrected chi connectivity index (χ1v) is 12.2. The van der Waals surface area contributed by atoms with Gasteiger partial charge in [-0.15, -0.1) is 0 Å². The number of ether oxygens (including phenoxy) is 2. The van der Waals surface area contributed by atoms with Gasteiger partial charge in [-0.2, -0.15) is 9.97 Å². The van der Waals surface area contributed by atoms with Crippen molar-refractivity contribution in [2.75, 3.05) is 44.3 Å². The van der Waals surface area contributed by atoms with E-state index in [1.54, 1.807) is 29.2 Å². The molecule has 3 aromatic rings. The minimum absolute atomic E-state index is 0.119. The highest BCUT2D eigenvalue weighted by Gasteiger charge is 2.38. The number of para-hydroxylation sites is 2. The minimum atomic E-state index is -2.82. The van der Waals surface area contributed by atoms with E-state index in [4.69, 9.17) is 9.47 Å². The molecule has 3 saturated heterocycles. The van der Waals surface area contributed by atoms with Gasteiger partial charge in [-0.1, -0.05) is 12.1 Å². The lowest BCUT2D eigenvalue weighted by Gasteiger charge is -2.40. The van der Waals surface area contributed by atoms with Gasteiger partial charge >= 0.3 is 0 Å². The van der Waals surface area contributed by atoms with Gasteiger partial charge in [0.25, 0.3) is 6.43 Å². The Balaban J connectivity index is 1.29. The monoisotopic (exact) mass is 513 g/mol. The van der Waals surface area contributed by atoms with E-state index in [2.05, 4.69) is 20.3 Å². The van der Waals surface area contributed by atoms with Gasteiger partial charge in [0.15, 0.2) is 5.82 Å². The fourth-order valence-corrected chi connectivity index (χ4v) is 4.80. The van der Waals surface area contributed by atoms with Crippen LogP contribution in [0.25, 0.3) is 16.9 Å². The molecule has 0 unspecified atom stereocenters. The number of halogens is 2. The van der Waals surface area contributed by atoms with Gasteiger partial charge < -0.3 is 24.6 Å². The second-order valence-corrected chi connectivity index (χ2v) is 9.20. The predicted octanol–water partition coefficient (Wildman–Crippen LogP) is 1.46. The molecule has 0 radical (unpaired) electrons. The molecule has 5 heterocycles. The smallest absolute Gasteiger partial charge is 0.296 e. The molecule has 0 saturated carbocycles. The van der Waals surface area contributed by atoms with E-state index in [1.807, 2.05) is 4.90 Å². The Kier molecular flexibility index (Phi) is 6.07. The number of rotatable bonds is 6. The number of carbonyl (C=O) groups excluding carboxylic acids is 2. The fraction of sp³-hybridized carbons (Fsp3) is 0.458. The third-order valence-electron chi connectivity index (χ3n) is 6.72. The lowest BCUT2D eigenvalue weighted by Crippen LogP contribution is -2.59. The van der Waals surface area contributed by atoms with Gasteiger partial charge in [-0.3, -0.25) is 14.2 Å². The molecule has 3 aliphatic rings. The molecule has 3 aliphatic heterocycles. The summed E-state index contributed by atoms with van der Waals surface area (Å²) in [7, 11) is 0. The summed E-state index contributed by atoms with van der Waals surface area (Å²) in [6.07, 6.45) is -2.30. The average molecular weight is 514 g/mol. The molecule has 6 rings (SSSR count). The number of aromatic nitrogens is 4. The van der Waals surface area contributed by atoms with Crippen LogP contribution < -0.4 is 15.0 Å². The molecule has 0 aliphatic carbocycles. The van der Waals surface area contributed by atoms with E-state index in [1.165, 1.54) is 10.6 Å². The van der Waals surface area contributed by atoms with Crippen LogP contribution in [-0.4, -0.2) is 87.8 Å². The van der Waals surface area contributed by atoms with E-state index < -0.39 is 18.3 Å². The third-order valence-corrected chi connectivity index (χ3v) is 6.72. The van der Waals surface area contributed by atoms with Crippen LogP contribution in [0.1, 0.15) is 25.1 Å². The first kappa shape index (κ1) is 23.5. The summed E-state index contributed by atoms with van der Waals surface area (Å²) in [5, 5.41) is 2.69. The molecular formula is C24H25F2N7O4. The largest absolute Gasteiger partial charge is 0.470 e. The molecule has 3 fully saturated rings.